The van der Waals surface area contributed by atoms with Gasteiger partial charge in [-0.05, 0) is 73.8 Å². The molecule has 1 aromatic carbocycles. The molecular formula is C23H27N5O2. The summed E-state index contributed by atoms with van der Waals surface area (Å²) in [5.74, 6) is 1.99. The molecule has 1 saturated carbocycles. The molecule has 3 heterocycles. The quantitative estimate of drug-likeness (QED) is 0.608. The number of amides is 1. The Hall–Kier alpha value is -2.93. The van der Waals surface area contributed by atoms with Gasteiger partial charge in [0.05, 0.1) is 17.6 Å². The number of nitrogens with zero attached hydrogens (tertiary/aromatic N) is 2. The largest absolute Gasteiger partial charge is 0.325 e. The van der Waals surface area contributed by atoms with Crippen LogP contribution in [-0.2, 0) is 11.2 Å². The first-order chi connectivity index (χ1) is 14.5. The first kappa shape index (κ1) is 19.1. The number of rotatable bonds is 5. The molecular weight excluding hydrogens is 378 g/mol. The smallest absolute Gasteiger partial charge is 0.323 e. The molecule has 0 radical (unpaired) electrons. The maximum atomic E-state index is 12.6. The molecule has 3 aromatic rings. The third-order valence-electron chi connectivity index (χ3n) is 6.69. The molecule has 156 valence electrons. The van der Waals surface area contributed by atoms with Crippen LogP contribution in [0, 0.1) is 24.7 Å². The number of carbonyl (C=O) groups is 1. The lowest BCUT2D eigenvalue weighted by atomic mass is 9.89. The number of anilines is 1. The van der Waals surface area contributed by atoms with Crippen LogP contribution in [0.3, 0.4) is 0 Å². The van der Waals surface area contributed by atoms with E-state index in [9.17, 15) is 9.59 Å². The van der Waals surface area contributed by atoms with Crippen LogP contribution >= 0.6 is 0 Å². The Kier molecular flexibility index (Phi) is 4.90. The highest BCUT2D eigenvalue weighted by molar-refractivity contribution is 5.94. The maximum absolute atomic E-state index is 12.6. The highest BCUT2D eigenvalue weighted by Crippen LogP contribution is 2.43. The van der Waals surface area contributed by atoms with Crippen LogP contribution in [0.2, 0.25) is 0 Å². The Bertz CT molecular complexity index is 1120. The molecule has 2 aliphatic rings. The number of hydrogen-bond acceptors (Lipinski definition) is 4. The van der Waals surface area contributed by atoms with Crippen LogP contribution in [0.15, 0.2) is 41.3 Å². The molecule has 0 bridgehead atoms. The Morgan fingerprint density at radius 2 is 2.03 bits per heavy atom. The first-order valence-electron chi connectivity index (χ1n) is 10.7. The van der Waals surface area contributed by atoms with Gasteiger partial charge >= 0.3 is 5.69 Å². The second kappa shape index (κ2) is 7.72. The van der Waals surface area contributed by atoms with Crippen molar-refractivity contribution in [2.24, 2.45) is 17.8 Å². The van der Waals surface area contributed by atoms with E-state index in [0.717, 1.165) is 25.0 Å². The number of pyridine rings is 1. The number of fused-ring (bicyclic) bond motifs is 2. The normalized spacial score (nSPS) is 23.7. The molecule has 30 heavy (non-hydrogen) atoms. The van der Waals surface area contributed by atoms with Crippen molar-refractivity contribution in [3.05, 3.63) is 58.3 Å². The van der Waals surface area contributed by atoms with Crippen LogP contribution in [0.1, 0.15) is 24.1 Å². The van der Waals surface area contributed by atoms with E-state index in [4.69, 9.17) is 0 Å². The number of aromatic nitrogens is 3. The summed E-state index contributed by atoms with van der Waals surface area (Å²) < 4.78 is 0. The van der Waals surface area contributed by atoms with Gasteiger partial charge in [-0.1, -0.05) is 6.07 Å². The zero-order valence-corrected chi connectivity index (χ0v) is 17.1. The molecule has 0 unspecified atom stereocenters. The lowest BCUT2D eigenvalue weighted by Crippen LogP contribution is -2.32. The standard InChI is InChI=1S/C23H27N5O2/c1-14-2-5-17(24-10-14)8-15-3-4-16-11-28(12-19(15)16)13-22(29)25-18-6-7-20-21(9-18)27-23(30)26-20/h2,5-7,9-10,15-16,19H,3-4,8,11-13H2,1H3,(H,25,29)(H2,26,27,30)/t15-,16-,19-/m1/s1. The third-order valence-corrected chi connectivity index (χ3v) is 6.69. The van der Waals surface area contributed by atoms with E-state index in [1.54, 1.807) is 12.1 Å². The number of hydrogen-bond donors (Lipinski definition) is 3. The Morgan fingerprint density at radius 1 is 1.17 bits per heavy atom. The van der Waals surface area contributed by atoms with Crippen molar-refractivity contribution in [1.29, 1.82) is 0 Å². The fourth-order valence-corrected chi connectivity index (χ4v) is 5.25. The minimum atomic E-state index is -0.243. The zero-order chi connectivity index (χ0) is 20.7. The molecule has 3 atom stereocenters. The van der Waals surface area contributed by atoms with Crippen LogP contribution in [0.4, 0.5) is 5.69 Å². The van der Waals surface area contributed by atoms with Crippen LogP contribution in [0.5, 0.6) is 0 Å². The Balaban J connectivity index is 1.17. The van der Waals surface area contributed by atoms with E-state index in [1.807, 2.05) is 12.3 Å². The molecule has 1 saturated heterocycles. The minimum absolute atomic E-state index is 0.0102. The second-order valence-electron chi connectivity index (χ2n) is 8.87. The van der Waals surface area contributed by atoms with Crippen LogP contribution < -0.4 is 11.0 Å². The van der Waals surface area contributed by atoms with Crippen molar-refractivity contribution in [3.63, 3.8) is 0 Å². The Labute approximate surface area is 174 Å². The second-order valence-corrected chi connectivity index (χ2v) is 8.87. The summed E-state index contributed by atoms with van der Waals surface area (Å²) in [6.07, 6.45) is 5.50. The lowest BCUT2D eigenvalue weighted by molar-refractivity contribution is -0.117. The molecule has 0 spiro atoms. The van der Waals surface area contributed by atoms with Gasteiger partial charge in [-0.2, -0.15) is 0 Å². The first-order valence-corrected chi connectivity index (χ1v) is 10.7. The van der Waals surface area contributed by atoms with E-state index < -0.39 is 0 Å². The summed E-state index contributed by atoms with van der Waals surface area (Å²) >= 11 is 0. The average molecular weight is 406 g/mol. The van der Waals surface area contributed by atoms with Gasteiger partial charge in [0.1, 0.15) is 0 Å². The molecule has 1 aliphatic carbocycles. The fraction of sp³-hybridized carbons (Fsp3) is 0.435. The summed E-state index contributed by atoms with van der Waals surface area (Å²) in [4.78, 5) is 36.3. The summed E-state index contributed by atoms with van der Waals surface area (Å²) in [7, 11) is 0. The predicted molar refractivity (Wildman–Crippen MR) is 116 cm³/mol. The SMILES string of the molecule is Cc1ccc(C[C@H]2CC[C@@H]3CN(CC(=O)Nc4ccc5[nH]c(=O)[nH]c5c4)C[C@H]23)nc1. The van der Waals surface area contributed by atoms with Gasteiger partial charge in [-0.15, -0.1) is 0 Å². The monoisotopic (exact) mass is 405 g/mol. The summed E-state index contributed by atoms with van der Waals surface area (Å²) in [5, 5.41) is 2.97. The van der Waals surface area contributed by atoms with E-state index in [0.29, 0.717) is 35.5 Å². The van der Waals surface area contributed by atoms with E-state index in [2.05, 4.69) is 44.2 Å². The number of imidazole rings is 1. The van der Waals surface area contributed by atoms with Crippen LogP contribution in [-0.4, -0.2) is 45.4 Å². The molecule has 2 aromatic heterocycles. The zero-order valence-electron chi connectivity index (χ0n) is 17.1. The summed E-state index contributed by atoms with van der Waals surface area (Å²) in [6.45, 7) is 4.46. The number of nitrogens with one attached hydrogen (secondary N) is 3. The Morgan fingerprint density at radius 3 is 2.87 bits per heavy atom. The van der Waals surface area contributed by atoms with Crippen molar-refractivity contribution in [1.82, 2.24) is 19.9 Å². The number of aryl methyl sites for hydroxylation is 1. The molecule has 5 rings (SSSR count). The van der Waals surface area contributed by atoms with Crippen LogP contribution in [0.25, 0.3) is 11.0 Å². The van der Waals surface area contributed by atoms with Gasteiger partial charge in [0.25, 0.3) is 0 Å². The molecule has 1 aliphatic heterocycles. The van der Waals surface area contributed by atoms with Gasteiger partial charge < -0.3 is 15.3 Å². The van der Waals surface area contributed by atoms with Gasteiger partial charge in [-0.25, -0.2) is 4.79 Å². The lowest BCUT2D eigenvalue weighted by Gasteiger charge is -2.20. The summed E-state index contributed by atoms with van der Waals surface area (Å²) in [5.41, 5.74) is 4.27. The van der Waals surface area contributed by atoms with E-state index >= 15 is 0 Å². The van der Waals surface area contributed by atoms with Crippen molar-refractivity contribution < 1.29 is 4.79 Å². The third kappa shape index (κ3) is 3.89. The van der Waals surface area contributed by atoms with Gasteiger partial charge in [0.15, 0.2) is 0 Å². The van der Waals surface area contributed by atoms with Gasteiger partial charge in [0, 0.05) is 30.7 Å². The number of benzene rings is 1. The average Bonchev–Trinajstić information content (AvgIpc) is 3.37. The van der Waals surface area contributed by atoms with E-state index in [1.165, 1.54) is 24.1 Å². The highest BCUT2D eigenvalue weighted by atomic mass is 16.2. The molecule has 3 N–H and O–H groups in total. The van der Waals surface area contributed by atoms with Gasteiger partial charge in [-0.3, -0.25) is 14.7 Å². The predicted octanol–water partition coefficient (Wildman–Crippen LogP) is 2.70. The summed E-state index contributed by atoms with van der Waals surface area (Å²) in [6, 6.07) is 9.69. The maximum Gasteiger partial charge on any atom is 0.323 e. The van der Waals surface area contributed by atoms with E-state index in [-0.39, 0.29) is 11.6 Å². The molecule has 2 fully saturated rings. The topological polar surface area (TPSA) is 93.9 Å². The number of carbonyl (C=O) groups excluding carboxylic acids is 1. The van der Waals surface area contributed by atoms with Crippen molar-refractivity contribution in [2.45, 2.75) is 26.2 Å². The molecule has 7 nitrogen and oxygen atoms in total. The van der Waals surface area contributed by atoms with Crippen molar-refractivity contribution >= 4 is 22.6 Å². The molecule has 1 amide bonds. The number of likely N-dealkylation sites (tertiary alicyclic amines) is 1. The molecule has 7 heteroatoms. The number of aromatic amines is 2. The van der Waals surface area contributed by atoms with Crippen molar-refractivity contribution in [2.75, 3.05) is 25.0 Å². The fourth-order valence-electron chi connectivity index (χ4n) is 5.25. The highest BCUT2D eigenvalue weighted by Gasteiger charge is 2.42. The van der Waals surface area contributed by atoms with Crippen molar-refractivity contribution in [3.8, 4) is 0 Å². The minimum Gasteiger partial charge on any atom is -0.325 e. The van der Waals surface area contributed by atoms with Gasteiger partial charge in [0.2, 0.25) is 5.91 Å². The number of H-pyrrole nitrogens is 2.